The maximum Gasteiger partial charge on any atom is 0.262 e. The number of ether oxygens (including phenoxy) is 1. The highest BCUT2D eigenvalue weighted by molar-refractivity contribution is 5.92. The van der Waals surface area contributed by atoms with E-state index in [1.165, 1.54) is 6.33 Å². The first-order valence-electron chi connectivity index (χ1n) is 8.52. The zero-order chi connectivity index (χ0) is 18.4. The smallest absolute Gasteiger partial charge is 0.262 e. The molecular weight excluding hydrogens is 330 g/mol. The minimum atomic E-state index is -0.190. The number of hydrogen-bond acceptors (Lipinski definition) is 5. The minimum Gasteiger partial charge on any atom is -0.484 e. The molecule has 7 nitrogen and oxygen atoms in total. The molecule has 1 atom stereocenters. The maximum atomic E-state index is 12.2. The van der Waals surface area contributed by atoms with Gasteiger partial charge in [-0.2, -0.15) is 0 Å². The summed E-state index contributed by atoms with van der Waals surface area (Å²) in [4.78, 5) is 12.2. The lowest BCUT2D eigenvalue weighted by Crippen LogP contribution is -2.21. The van der Waals surface area contributed by atoms with Crippen LogP contribution in [0.1, 0.15) is 31.7 Å². The number of carbonyl (C=O) groups excluding carboxylic acids is 1. The predicted molar refractivity (Wildman–Crippen MR) is 98.4 cm³/mol. The van der Waals surface area contributed by atoms with Crippen molar-refractivity contribution in [1.29, 1.82) is 0 Å². The molecule has 0 fully saturated rings. The van der Waals surface area contributed by atoms with Gasteiger partial charge in [0.1, 0.15) is 12.1 Å². The van der Waals surface area contributed by atoms with E-state index in [4.69, 9.17) is 4.74 Å². The molecule has 1 N–H and O–H groups in total. The van der Waals surface area contributed by atoms with Gasteiger partial charge in [0.15, 0.2) is 6.61 Å². The second-order valence-corrected chi connectivity index (χ2v) is 5.98. The summed E-state index contributed by atoms with van der Waals surface area (Å²) in [5.74, 6) is 0.795. The minimum absolute atomic E-state index is 0.0565. The van der Waals surface area contributed by atoms with Crippen molar-refractivity contribution in [3.63, 3.8) is 0 Å². The van der Waals surface area contributed by atoms with Gasteiger partial charge in [-0.3, -0.25) is 4.79 Å². The monoisotopic (exact) mass is 351 g/mol. The van der Waals surface area contributed by atoms with Crippen LogP contribution in [0.5, 0.6) is 5.75 Å². The van der Waals surface area contributed by atoms with Crippen LogP contribution in [-0.4, -0.2) is 32.7 Å². The van der Waals surface area contributed by atoms with Crippen molar-refractivity contribution in [2.45, 2.75) is 26.2 Å². The fraction of sp³-hybridized carbons (Fsp3) is 0.263. The molecule has 1 aromatic heterocycles. The molecule has 0 spiro atoms. The Labute approximate surface area is 152 Å². The van der Waals surface area contributed by atoms with Crippen molar-refractivity contribution in [2.24, 2.45) is 0 Å². The first-order valence-corrected chi connectivity index (χ1v) is 8.52. The van der Waals surface area contributed by atoms with E-state index in [-0.39, 0.29) is 12.5 Å². The van der Waals surface area contributed by atoms with Gasteiger partial charge >= 0.3 is 0 Å². The number of rotatable bonds is 7. The fourth-order valence-electron chi connectivity index (χ4n) is 2.57. The molecule has 0 aliphatic rings. The number of amides is 1. The second-order valence-electron chi connectivity index (χ2n) is 5.98. The Morgan fingerprint density at radius 2 is 1.96 bits per heavy atom. The summed E-state index contributed by atoms with van der Waals surface area (Å²) in [6.45, 7) is 4.22. The van der Waals surface area contributed by atoms with Crippen LogP contribution in [-0.2, 0) is 4.79 Å². The van der Waals surface area contributed by atoms with Crippen LogP contribution < -0.4 is 10.1 Å². The first kappa shape index (κ1) is 17.6. The molecule has 0 aliphatic heterocycles. The molecule has 0 bridgehead atoms. The highest BCUT2D eigenvalue weighted by Crippen LogP contribution is 2.26. The Bertz CT molecular complexity index is 847. The predicted octanol–water partition coefficient (Wildman–Crippen LogP) is 3.19. The average Bonchev–Trinajstić information content (AvgIpc) is 3.21. The van der Waals surface area contributed by atoms with E-state index in [9.17, 15) is 4.79 Å². The highest BCUT2D eigenvalue weighted by Gasteiger charge is 2.11. The number of benzene rings is 2. The normalized spacial score (nSPS) is 11.8. The van der Waals surface area contributed by atoms with Gasteiger partial charge < -0.3 is 10.1 Å². The first-order chi connectivity index (χ1) is 12.7. The number of carbonyl (C=O) groups is 1. The Morgan fingerprint density at radius 3 is 2.65 bits per heavy atom. The van der Waals surface area contributed by atoms with Gasteiger partial charge in [0.05, 0.1) is 5.69 Å². The molecule has 3 aromatic rings. The fourth-order valence-corrected chi connectivity index (χ4v) is 2.57. The van der Waals surface area contributed by atoms with Crippen LogP contribution in [0.4, 0.5) is 5.69 Å². The molecular formula is C19H21N5O2. The van der Waals surface area contributed by atoms with E-state index in [0.29, 0.717) is 11.7 Å². The molecule has 3 rings (SSSR count). The number of para-hydroxylation sites is 1. The molecule has 0 saturated carbocycles. The Hall–Kier alpha value is -3.22. The number of tetrazole rings is 1. The largest absolute Gasteiger partial charge is 0.484 e. The molecule has 134 valence electrons. The third-order valence-corrected chi connectivity index (χ3v) is 4.20. The lowest BCUT2D eigenvalue weighted by Gasteiger charge is -2.15. The van der Waals surface area contributed by atoms with Crippen LogP contribution in [0.25, 0.3) is 5.69 Å². The topological polar surface area (TPSA) is 81.9 Å². The summed E-state index contributed by atoms with van der Waals surface area (Å²) in [5, 5.41) is 13.9. The van der Waals surface area contributed by atoms with Crippen molar-refractivity contribution in [2.75, 3.05) is 11.9 Å². The van der Waals surface area contributed by atoms with Gasteiger partial charge in [0.25, 0.3) is 5.91 Å². The summed E-state index contributed by atoms with van der Waals surface area (Å²) in [5.41, 5.74) is 2.79. The molecule has 1 amide bonds. The molecule has 0 radical (unpaired) electrons. The standard InChI is InChI=1S/C19H21N5O2/c1-3-14(2)17-6-4-5-7-18(17)21-19(25)12-26-16-10-8-15(9-11-16)24-13-20-22-23-24/h4-11,13-14H,3,12H2,1-2H3,(H,21,25)/t14-/m0/s1. The van der Waals surface area contributed by atoms with E-state index in [1.54, 1.807) is 16.8 Å². The Kier molecular flexibility index (Phi) is 5.58. The third kappa shape index (κ3) is 4.24. The van der Waals surface area contributed by atoms with Crippen molar-refractivity contribution in [3.05, 3.63) is 60.4 Å². The van der Waals surface area contributed by atoms with Crippen molar-refractivity contribution >= 4 is 11.6 Å². The quantitative estimate of drug-likeness (QED) is 0.707. The molecule has 1 heterocycles. The Balaban J connectivity index is 1.58. The molecule has 2 aromatic carbocycles. The Morgan fingerprint density at radius 1 is 1.19 bits per heavy atom. The van der Waals surface area contributed by atoms with E-state index >= 15 is 0 Å². The van der Waals surface area contributed by atoms with Gasteiger partial charge in [-0.1, -0.05) is 32.0 Å². The highest BCUT2D eigenvalue weighted by atomic mass is 16.5. The number of anilines is 1. The van der Waals surface area contributed by atoms with E-state index in [1.807, 2.05) is 36.4 Å². The number of nitrogens with one attached hydrogen (secondary N) is 1. The summed E-state index contributed by atoms with van der Waals surface area (Å²) in [6.07, 6.45) is 2.52. The van der Waals surface area contributed by atoms with Crippen LogP contribution in [0.15, 0.2) is 54.9 Å². The van der Waals surface area contributed by atoms with Crippen LogP contribution in [0, 0.1) is 0 Å². The zero-order valence-electron chi connectivity index (χ0n) is 14.8. The van der Waals surface area contributed by atoms with Gasteiger partial charge in [-0.15, -0.1) is 5.10 Å². The van der Waals surface area contributed by atoms with Crippen LogP contribution in [0.3, 0.4) is 0 Å². The van der Waals surface area contributed by atoms with E-state index < -0.39 is 0 Å². The van der Waals surface area contributed by atoms with Crippen LogP contribution in [0.2, 0.25) is 0 Å². The van der Waals surface area contributed by atoms with Crippen molar-refractivity contribution < 1.29 is 9.53 Å². The van der Waals surface area contributed by atoms with Gasteiger partial charge in [0, 0.05) is 5.69 Å². The molecule has 0 unspecified atom stereocenters. The second kappa shape index (κ2) is 8.24. The van der Waals surface area contributed by atoms with Crippen molar-refractivity contribution in [3.8, 4) is 11.4 Å². The van der Waals surface area contributed by atoms with Gasteiger partial charge in [0.2, 0.25) is 0 Å². The summed E-state index contributed by atoms with van der Waals surface area (Å²) in [6, 6.07) is 15.1. The summed E-state index contributed by atoms with van der Waals surface area (Å²) in [7, 11) is 0. The van der Waals surface area contributed by atoms with E-state index in [0.717, 1.165) is 23.4 Å². The number of nitrogens with zero attached hydrogens (tertiary/aromatic N) is 4. The molecule has 0 saturated heterocycles. The van der Waals surface area contributed by atoms with Gasteiger partial charge in [-0.25, -0.2) is 4.68 Å². The zero-order valence-corrected chi connectivity index (χ0v) is 14.8. The summed E-state index contributed by atoms with van der Waals surface area (Å²) < 4.78 is 7.11. The number of hydrogen-bond donors (Lipinski definition) is 1. The maximum absolute atomic E-state index is 12.2. The SMILES string of the molecule is CC[C@H](C)c1ccccc1NC(=O)COc1ccc(-n2cnnn2)cc1. The molecule has 7 heteroatoms. The van der Waals surface area contributed by atoms with Crippen LogP contribution >= 0.6 is 0 Å². The van der Waals surface area contributed by atoms with Crippen molar-refractivity contribution in [1.82, 2.24) is 20.2 Å². The third-order valence-electron chi connectivity index (χ3n) is 4.20. The van der Waals surface area contributed by atoms with Gasteiger partial charge in [-0.05, 0) is 58.7 Å². The molecule has 0 aliphatic carbocycles. The number of aromatic nitrogens is 4. The molecule has 26 heavy (non-hydrogen) atoms. The summed E-state index contributed by atoms with van der Waals surface area (Å²) >= 11 is 0. The van der Waals surface area contributed by atoms with E-state index in [2.05, 4.69) is 34.7 Å². The lowest BCUT2D eigenvalue weighted by molar-refractivity contribution is -0.118. The lowest BCUT2D eigenvalue weighted by atomic mass is 9.97. The average molecular weight is 351 g/mol.